The lowest BCUT2D eigenvalue weighted by Crippen LogP contribution is -2.52. The first-order chi connectivity index (χ1) is 9.12. The summed E-state index contributed by atoms with van der Waals surface area (Å²) in [6.45, 7) is 13.5. The van der Waals surface area contributed by atoms with Crippen molar-refractivity contribution in [2.24, 2.45) is 0 Å². The van der Waals surface area contributed by atoms with Crippen LogP contribution in [0.4, 0.5) is 0 Å². The Morgan fingerprint density at radius 3 is 2.50 bits per heavy atom. The maximum atomic E-state index is 12.1. The molecule has 0 saturated carbocycles. The van der Waals surface area contributed by atoms with Gasteiger partial charge in [-0.1, -0.05) is 20.8 Å². The number of nitrogens with one attached hydrogen (secondary N) is 1. The van der Waals surface area contributed by atoms with E-state index in [1.54, 1.807) is 0 Å². The number of carbonyl (C=O) groups is 1. The average Bonchev–Trinajstić information content (AvgIpc) is 2.29. The van der Waals surface area contributed by atoms with Gasteiger partial charge in [0.1, 0.15) is 0 Å². The molecule has 0 aromatic rings. The van der Waals surface area contributed by atoms with Gasteiger partial charge >= 0.3 is 0 Å². The van der Waals surface area contributed by atoms with Crippen molar-refractivity contribution in [3.8, 4) is 0 Å². The summed E-state index contributed by atoms with van der Waals surface area (Å²) < 4.78 is 6.54. The van der Waals surface area contributed by atoms with Gasteiger partial charge in [-0.2, -0.15) is 0 Å². The van der Waals surface area contributed by atoms with Gasteiger partial charge in [0, 0.05) is 30.2 Å². The normalized spacial score (nSPS) is 28.2. The van der Waals surface area contributed by atoms with E-state index in [0.29, 0.717) is 18.2 Å². The van der Waals surface area contributed by atoms with Gasteiger partial charge in [0.2, 0.25) is 0 Å². The minimum atomic E-state index is -1.79. The minimum absolute atomic E-state index is 0.136. The van der Waals surface area contributed by atoms with Gasteiger partial charge in [-0.3, -0.25) is 4.79 Å². The molecule has 0 aromatic carbocycles. The predicted molar refractivity (Wildman–Crippen MR) is 85.2 cm³/mol. The molecule has 114 valence electrons. The number of hydrogen-bond acceptors (Lipinski definition) is 3. The second-order valence-corrected chi connectivity index (χ2v) is 12.5. The van der Waals surface area contributed by atoms with Crippen LogP contribution in [0.5, 0.6) is 0 Å². The number of rotatable bonds is 2. The van der Waals surface area contributed by atoms with Crippen LogP contribution in [0, 0.1) is 0 Å². The summed E-state index contributed by atoms with van der Waals surface area (Å²) in [7, 11) is -1.79. The second kappa shape index (κ2) is 5.30. The van der Waals surface area contributed by atoms with Crippen molar-refractivity contribution in [3.63, 3.8) is 0 Å². The second-order valence-electron chi connectivity index (χ2n) is 7.79. The molecular formula is C16H29NO2Si. The monoisotopic (exact) mass is 295 g/mol. The van der Waals surface area contributed by atoms with Crippen molar-refractivity contribution < 1.29 is 9.22 Å². The highest BCUT2D eigenvalue weighted by Crippen LogP contribution is 2.39. The summed E-state index contributed by atoms with van der Waals surface area (Å²) in [5.74, 6) is 0.328. The van der Waals surface area contributed by atoms with Crippen LogP contribution in [0.15, 0.2) is 11.3 Å². The fourth-order valence-electron chi connectivity index (χ4n) is 2.74. The molecule has 20 heavy (non-hydrogen) atoms. The Morgan fingerprint density at radius 2 is 1.90 bits per heavy atom. The Hall–Kier alpha value is -0.613. The molecule has 0 bridgehead atoms. The first kappa shape index (κ1) is 15.8. The van der Waals surface area contributed by atoms with E-state index in [1.807, 2.05) is 0 Å². The number of carbonyl (C=O) groups excluding carboxylic acids is 1. The van der Waals surface area contributed by atoms with Crippen molar-refractivity contribution in [2.45, 2.75) is 83.7 Å². The standard InChI is InChI=1S/C16H29NO2Si/c1-11-15(19-20(5,6)16(2,3)4)10-12-13(17-11)8-7-9-14(12)18/h11,15,17H,7-10H2,1-6H3/t11-,15+/m0/s1. The summed E-state index contributed by atoms with van der Waals surface area (Å²) in [5.41, 5.74) is 2.20. The zero-order valence-corrected chi connectivity index (χ0v) is 14.8. The zero-order chi connectivity index (χ0) is 15.1. The predicted octanol–water partition coefficient (Wildman–Crippen LogP) is 3.77. The molecule has 1 aliphatic heterocycles. The SMILES string of the molecule is C[C@@H]1NC2=C(C[C@H]1O[Si](C)(C)C(C)(C)C)C(=O)CCC2. The average molecular weight is 295 g/mol. The smallest absolute Gasteiger partial charge is 0.192 e. The van der Waals surface area contributed by atoms with Crippen LogP contribution < -0.4 is 5.32 Å². The third-order valence-corrected chi connectivity index (χ3v) is 9.65. The molecule has 2 aliphatic rings. The Morgan fingerprint density at radius 1 is 1.25 bits per heavy atom. The molecule has 0 spiro atoms. The van der Waals surface area contributed by atoms with Crippen molar-refractivity contribution in [1.29, 1.82) is 0 Å². The number of allylic oxidation sites excluding steroid dienone is 1. The molecule has 1 N–H and O–H groups in total. The third-order valence-electron chi connectivity index (χ3n) is 5.15. The van der Waals surface area contributed by atoms with Crippen LogP contribution in [0.1, 0.15) is 53.4 Å². The van der Waals surface area contributed by atoms with Gasteiger partial charge in [-0.25, -0.2) is 0 Å². The van der Waals surface area contributed by atoms with Gasteiger partial charge in [-0.05, 0) is 37.9 Å². The molecule has 3 nitrogen and oxygen atoms in total. The van der Waals surface area contributed by atoms with Gasteiger partial charge < -0.3 is 9.74 Å². The van der Waals surface area contributed by atoms with Gasteiger partial charge in [0.05, 0.1) is 6.10 Å². The molecule has 0 saturated heterocycles. The highest BCUT2D eigenvalue weighted by Gasteiger charge is 2.42. The van der Waals surface area contributed by atoms with Crippen molar-refractivity contribution in [1.82, 2.24) is 5.32 Å². The van der Waals surface area contributed by atoms with Crippen LogP contribution in [-0.2, 0) is 9.22 Å². The highest BCUT2D eigenvalue weighted by molar-refractivity contribution is 6.74. The van der Waals surface area contributed by atoms with Gasteiger partial charge in [-0.15, -0.1) is 0 Å². The van der Waals surface area contributed by atoms with E-state index in [0.717, 1.165) is 24.8 Å². The molecule has 0 aromatic heterocycles. The van der Waals surface area contributed by atoms with Crippen molar-refractivity contribution in [3.05, 3.63) is 11.3 Å². The van der Waals surface area contributed by atoms with Crippen LogP contribution in [-0.4, -0.2) is 26.2 Å². The Labute approximate surface area is 124 Å². The minimum Gasteiger partial charge on any atom is -0.412 e. The Balaban J connectivity index is 2.15. The summed E-state index contributed by atoms with van der Waals surface area (Å²) in [6.07, 6.45) is 3.66. The molecule has 2 atom stereocenters. The van der Waals surface area contributed by atoms with Crippen LogP contribution in [0.3, 0.4) is 0 Å². The van der Waals surface area contributed by atoms with Gasteiger partial charge in [0.15, 0.2) is 14.1 Å². The molecule has 0 radical (unpaired) electrons. The molecule has 0 fully saturated rings. The van der Waals surface area contributed by atoms with Crippen molar-refractivity contribution >= 4 is 14.1 Å². The van der Waals surface area contributed by atoms with E-state index < -0.39 is 8.32 Å². The summed E-state index contributed by atoms with van der Waals surface area (Å²) >= 11 is 0. The van der Waals surface area contributed by atoms with E-state index in [-0.39, 0.29) is 11.1 Å². The zero-order valence-electron chi connectivity index (χ0n) is 13.8. The van der Waals surface area contributed by atoms with Crippen molar-refractivity contribution in [2.75, 3.05) is 0 Å². The quantitative estimate of drug-likeness (QED) is 0.788. The fraction of sp³-hybridized carbons (Fsp3) is 0.812. The van der Waals surface area contributed by atoms with E-state index in [9.17, 15) is 4.79 Å². The Kier molecular flexibility index (Phi) is 4.18. The summed E-state index contributed by atoms with van der Waals surface area (Å²) in [5, 5.41) is 3.74. The maximum absolute atomic E-state index is 12.1. The third kappa shape index (κ3) is 3.01. The molecule has 0 amide bonds. The Bertz CT molecular complexity index is 434. The van der Waals surface area contributed by atoms with Crippen LogP contribution in [0.25, 0.3) is 0 Å². The number of hydrogen-bond donors (Lipinski definition) is 1. The van der Waals surface area contributed by atoms with Crippen LogP contribution >= 0.6 is 0 Å². The summed E-state index contributed by atoms with van der Waals surface area (Å²) in [4.78, 5) is 12.1. The number of Topliss-reactive ketones (excluding diaryl/α,β-unsaturated/α-hetero) is 1. The lowest BCUT2D eigenvalue weighted by atomic mass is 9.86. The topological polar surface area (TPSA) is 38.3 Å². The first-order valence-corrected chi connectivity index (χ1v) is 10.7. The number of ketones is 1. The van der Waals surface area contributed by atoms with E-state index in [2.05, 4.69) is 46.1 Å². The molecular weight excluding hydrogens is 266 g/mol. The largest absolute Gasteiger partial charge is 0.412 e. The lowest BCUT2D eigenvalue weighted by molar-refractivity contribution is -0.116. The molecule has 2 rings (SSSR count). The molecule has 1 aliphatic carbocycles. The molecule has 4 heteroatoms. The first-order valence-electron chi connectivity index (χ1n) is 7.81. The molecule has 0 unspecified atom stereocenters. The van der Waals surface area contributed by atoms with Crippen LogP contribution in [0.2, 0.25) is 18.1 Å². The lowest BCUT2D eigenvalue weighted by Gasteiger charge is -2.44. The van der Waals surface area contributed by atoms with E-state index in [1.165, 1.54) is 5.70 Å². The molecule has 1 heterocycles. The van der Waals surface area contributed by atoms with E-state index in [4.69, 9.17) is 4.43 Å². The fourth-order valence-corrected chi connectivity index (χ4v) is 4.13. The summed E-state index contributed by atoms with van der Waals surface area (Å²) in [6, 6.07) is 0.300. The van der Waals surface area contributed by atoms with E-state index >= 15 is 0 Å². The maximum Gasteiger partial charge on any atom is 0.192 e. The van der Waals surface area contributed by atoms with Gasteiger partial charge in [0.25, 0.3) is 0 Å². The highest BCUT2D eigenvalue weighted by atomic mass is 28.4.